The number of anilines is 1. The van der Waals surface area contributed by atoms with Gasteiger partial charge in [-0.25, -0.2) is 13.8 Å². The Kier molecular flexibility index (Phi) is 10.3. The molecule has 0 saturated carbocycles. The van der Waals surface area contributed by atoms with Gasteiger partial charge in [-0.15, -0.1) is 0 Å². The smallest absolute Gasteiger partial charge is 0.260 e. The fourth-order valence-electron chi connectivity index (χ4n) is 3.50. The highest BCUT2D eigenvalue weighted by molar-refractivity contribution is 7.92. The Hall–Kier alpha value is -3.64. The molecule has 12 heteroatoms. The van der Waals surface area contributed by atoms with Crippen molar-refractivity contribution in [3.8, 4) is 11.5 Å². The SMILES string of the molecule is CCOc1ccc(N(CC(=O)N/N=C\c2ccc(OCC(=O)NC[C@@H]3CCCO3)cc2)S(C)(=O)=O)cc1. The molecule has 2 aromatic rings. The summed E-state index contributed by atoms with van der Waals surface area (Å²) in [5.41, 5.74) is 3.34. The maximum absolute atomic E-state index is 12.4. The molecule has 37 heavy (non-hydrogen) atoms. The van der Waals surface area contributed by atoms with E-state index in [1.807, 2.05) is 6.92 Å². The summed E-state index contributed by atoms with van der Waals surface area (Å²) in [5, 5.41) is 6.68. The van der Waals surface area contributed by atoms with Crippen molar-refractivity contribution in [3.05, 3.63) is 54.1 Å². The molecule has 0 aliphatic carbocycles. The molecule has 1 atom stereocenters. The number of ether oxygens (including phenoxy) is 3. The van der Waals surface area contributed by atoms with Gasteiger partial charge in [-0.3, -0.25) is 13.9 Å². The van der Waals surface area contributed by atoms with E-state index in [1.165, 1.54) is 6.21 Å². The first-order valence-electron chi connectivity index (χ1n) is 11.9. The summed E-state index contributed by atoms with van der Waals surface area (Å²) in [5.74, 6) is 0.275. The predicted molar refractivity (Wildman–Crippen MR) is 139 cm³/mol. The van der Waals surface area contributed by atoms with E-state index in [1.54, 1.807) is 48.5 Å². The number of carbonyl (C=O) groups is 2. The van der Waals surface area contributed by atoms with Gasteiger partial charge in [0.25, 0.3) is 11.8 Å². The number of carbonyl (C=O) groups excluding carboxylic acids is 2. The highest BCUT2D eigenvalue weighted by Crippen LogP contribution is 2.21. The standard InChI is InChI=1S/C25H32N4O7S/c1-3-34-21-12-8-20(9-13-21)29(37(2,32)33)17-24(30)28-27-15-19-6-10-22(11-7-19)36-18-25(31)26-16-23-5-4-14-35-23/h6-13,15,23H,3-5,14,16-18H2,1-2H3,(H,26,31)(H,28,30)/b27-15-/t23-/m0/s1. The normalized spacial score (nSPS) is 15.4. The van der Waals surface area contributed by atoms with Gasteiger partial charge in [-0.1, -0.05) is 0 Å². The van der Waals surface area contributed by atoms with Gasteiger partial charge in [-0.2, -0.15) is 5.10 Å². The lowest BCUT2D eigenvalue weighted by molar-refractivity contribution is -0.123. The quantitative estimate of drug-likeness (QED) is 0.296. The number of nitrogens with one attached hydrogen (secondary N) is 2. The summed E-state index contributed by atoms with van der Waals surface area (Å²) in [6.07, 6.45) is 4.47. The Morgan fingerprint density at radius 3 is 2.38 bits per heavy atom. The molecule has 2 aromatic carbocycles. The molecule has 0 unspecified atom stereocenters. The number of hydrogen-bond donors (Lipinski definition) is 2. The maximum Gasteiger partial charge on any atom is 0.260 e. The topological polar surface area (TPSA) is 136 Å². The molecule has 0 aromatic heterocycles. The van der Waals surface area contributed by atoms with Gasteiger partial charge in [0.1, 0.15) is 18.0 Å². The lowest BCUT2D eigenvalue weighted by Crippen LogP contribution is -2.39. The first-order valence-corrected chi connectivity index (χ1v) is 13.7. The molecule has 1 saturated heterocycles. The molecule has 2 amide bonds. The molecule has 0 bridgehead atoms. The van der Waals surface area contributed by atoms with E-state index in [9.17, 15) is 18.0 Å². The Bertz CT molecular complexity index is 1160. The van der Waals surface area contributed by atoms with Crippen LogP contribution in [0, 0.1) is 0 Å². The van der Waals surface area contributed by atoms with Crippen LogP contribution in [0.5, 0.6) is 11.5 Å². The minimum atomic E-state index is -3.71. The molecule has 1 aliphatic rings. The number of benzene rings is 2. The summed E-state index contributed by atoms with van der Waals surface area (Å²) < 4.78 is 41.8. The second kappa shape index (κ2) is 13.6. The van der Waals surface area contributed by atoms with Crippen LogP contribution in [0.25, 0.3) is 0 Å². The average molecular weight is 533 g/mol. The number of hydrazone groups is 1. The average Bonchev–Trinajstić information content (AvgIpc) is 3.39. The largest absolute Gasteiger partial charge is 0.494 e. The lowest BCUT2D eigenvalue weighted by Gasteiger charge is -2.21. The van der Waals surface area contributed by atoms with Crippen molar-refractivity contribution in [2.45, 2.75) is 25.9 Å². The van der Waals surface area contributed by atoms with Crippen LogP contribution in [0.2, 0.25) is 0 Å². The molecule has 1 aliphatic heterocycles. The van der Waals surface area contributed by atoms with Crippen molar-refractivity contribution in [2.75, 3.05) is 43.5 Å². The predicted octanol–water partition coefficient (Wildman–Crippen LogP) is 1.68. The second-order valence-electron chi connectivity index (χ2n) is 8.29. The van der Waals surface area contributed by atoms with Crippen molar-refractivity contribution in [3.63, 3.8) is 0 Å². The summed E-state index contributed by atoms with van der Waals surface area (Å²) in [6, 6.07) is 13.2. The second-order valence-corrected chi connectivity index (χ2v) is 10.2. The van der Waals surface area contributed by atoms with Gasteiger partial charge in [0, 0.05) is 13.2 Å². The van der Waals surface area contributed by atoms with Crippen LogP contribution in [0.3, 0.4) is 0 Å². The summed E-state index contributed by atoms with van der Waals surface area (Å²) in [4.78, 5) is 24.3. The van der Waals surface area contributed by atoms with Gasteiger partial charge in [0.05, 0.1) is 30.9 Å². The Balaban J connectivity index is 1.45. The van der Waals surface area contributed by atoms with Gasteiger partial charge < -0.3 is 19.5 Å². The fraction of sp³-hybridized carbons (Fsp3) is 0.400. The van der Waals surface area contributed by atoms with Gasteiger partial charge in [0.15, 0.2) is 6.61 Å². The van der Waals surface area contributed by atoms with Crippen LogP contribution in [0.15, 0.2) is 53.6 Å². The zero-order valence-electron chi connectivity index (χ0n) is 20.9. The van der Waals surface area contributed by atoms with Gasteiger partial charge >= 0.3 is 0 Å². The lowest BCUT2D eigenvalue weighted by atomic mass is 10.2. The zero-order valence-corrected chi connectivity index (χ0v) is 21.7. The van der Waals surface area contributed by atoms with Crippen molar-refractivity contribution < 1.29 is 32.2 Å². The van der Waals surface area contributed by atoms with Crippen molar-refractivity contribution >= 4 is 33.7 Å². The summed E-state index contributed by atoms with van der Waals surface area (Å²) >= 11 is 0. The number of hydrogen-bond acceptors (Lipinski definition) is 8. The Morgan fingerprint density at radius 2 is 1.76 bits per heavy atom. The Morgan fingerprint density at radius 1 is 1.08 bits per heavy atom. The van der Waals surface area contributed by atoms with Crippen LogP contribution in [-0.2, 0) is 24.3 Å². The molecule has 0 spiro atoms. The van der Waals surface area contributed by atoms with E-state index in [2.05, 4.69) is 15.8 Å². The van der Waals surface area contributed by atoms with Crippen LogP contribution in [-0.4, -0.2) is 71.7 Å². The molecule has 3 rings (SSSR count). The van der Waals surface area contributed by atoms with Crippen molar-refractivity contribution in [2.24, 2.45) is 5.10 Å². The monoisotopic (exact) mass is 532 g/mol. The van der Waals surface area contributed by atoms with Crippen molar-refractivity contribution in [1.29, 1.82) is 0 Å². The number of nitrogens with zero attached hydrogens (tertiary/aromatic N) is 2. The third kappa shape index (κ3) is 9.39. The zero-order chi connectivity index (χ0) is 26.7. The first-order chi connectivity index (χ1) is 17.7. The molecule has 0 radical (unpaired) electrons. The summed E-state index contributed by atoms with van der Waals surface area (Å²) in [6.45, 7) is 3.00. The first kappa shape index (κ1) is 27.9. The fourth-order valence-corrected chi connectivity index (χ4v) is 4.36. The number of sulfonamides is 1. The highest BCUT2D eigenvalue weighted by Gasteiger charge is 2.21. The third-order valence-electron chi connectivity index (χ3n) is 5.33. The molecule has 1 fully saturated rings. The third-order valence-corrected chi connectivity index (χ3v) is 6.47. The van der Waals surface area contributed by atoms with E-state index in [4.69, 9.17) is 14.2 Å². The van der Waals surface area contributed by atoms with E-state index in [-0.39, 0.29) is 18.6 Å². The van der Waals surface area contributed by atoms with Gasteiger partial charge in [0.2, 0.25) is 10.0 Å². The minimum Gasteiger partial charge on any atom is -0.494 e. The van der Waals surface area contributed by atoms with E-state index in [0.717, 1.165) is 30.0 Å². The van der Waals surface area contributed by atoms with E-state index in [0.29, 0.717) is 35.9 Å². The minimum absolute atomic E-state index is 0.0738. The van der Waals surface area contributed by atoms with Crippen molar-refractivity contribution in [1.82, 2.24) is 10.7 Å². The van der Waals surface area contributed by atoms with Crippen LogP contribution >= 0.6 is 0 Å². The van der Waals surface area contributed by atoms with Crippen LogP contribution in [0.4, 0.5) is 5.69 Å². The molecular formula is C25H32N4O7S. The molecule has 1 heterocycles. The molecule has 200 valence electrons. The van der Waals surface area contributed by atoms with Crippen LogP contribution in [0.1, 0.15) is 25.3 Å². The summed E-state index contributed by atoms with van der Waals surface area (Å²) in [7, 11) is -3.71. The van der Waals surface area contributed by atoms with Crippen LogP contribution < -0.4 is 24.5 Å². The Labute approximate surface area is 216 Å². The van der Waals surface area contributed by atoms with E-state index >= 15 is 0 Å². The number of rotatable bonds is 13. The molecule has 2 N–H and O–H groups in total. The molecular weight excluding hydrogens is 500 g/mol. The molecule has 11 nitrogen and oxygen atoms in total. The highest BCUT2D eigenvalue weighted by atomic mass is 32.2. The maximum atomic E-state index is 12.4. The van der Waals surface area contributed by atoms with E-state index < -0.39 is 22.5 Å². The number of amides is 2. The van der Waals surface area contributed by atoms with Gasteiger partial charge in [-0.05, 0) is 73.9 Å².